The fourth-order valence-electron chi connectivity index (χ4n) is 2.44. The Balaban J connectivity index is 0.00000218. The summed E-state index contributed by atoms with van der Waals surface area (Å²) in [6.07, 6.45) is 0.0940. The molecule has 2 aromatic rings. The van der Waals surface area contributed by atoms with E-state index in [0.717, 1.165) is 0 Å². The number of carbonyl (C=O) groups excluding carboxylic acids is 3. The van der Waals surface area contributed by atoms with Crippen molar-refractivity contribution in [2.45, 2.75) is 34.1 Å². The molecule has 7 heteroatoms. The summed E-state index contributed by atoms with van der Waals surface area (Å²) in [6.45, 7) is 7.51. The average Bonchev–Trinajstić information content (AvgIpc) is 2.75. The first-order valence-corrected chi connectivity index (χ1v) is 10.7. The van der Waals surface area contributed by atoms with Crippen molar-refractivity contribution in [2.24, 2.45) is 5.92 Å². The molecule has 0 aromatic heterocycles. The maximum atomic E-state index is 12.5. The molecule has 162 valence electrons. The van der Waals surface area contributed by atoms with Crippen molar-refractivity contribution in [3.63, 3.8) is 0 Å². The van der Waals surface area contributed by atoms with E-state index >= 15 is 0 Å². The minimum absolute atomic E-state index is 0.126. The number of nitrogens with one attached hydrogen (secondary N) is 1. The minimum Gasteiger partial charge on any atom is -0.497 e. The van der Waals surface area contributed by atoms with Crippen molar-refractivity contribution in [2.75, 3.05) is 18.8 Å². The number of benzene rings is 2. The topological polar surface area (TPSA) is 81.7 Å². The first kappa shape index (κ1) is 25.3. The lowest BCUT2D eigenvalue weighted by atomic mass is 9.99. The van der Waals surface area contributed by atoms with Gasteiger partial charge in [0.1, 0.15) is 23.6 Å². The van der Waals surface area contributed by atoms with Gasteiger partial charge in [-0.3, -0.25) is 14.4 Å². The van der Waals surface area contributed by atoms with Crippen LogP contribution in [0.4, 0.5) is 5.69 Å². The summed E-state index contributed by atoms with van der Waals surface area (Å²) < 4.78 is 10.6. The minimum atomic E-state index is -0.305. The van der Waals surface area contributed by atoms with E-state index in [4.69, 9.17) is 9.47 Å². The van der Waals surface area contributed by atoms with Crippen molar-refractivity contribution >= 4 is 32.4 Å². The summed E-state index contributed by atoms with van der Waals surface area (Å²) in [7, 11) is 3.97. The van der Waals surface area contributed by atoms with Crippen LogP contribution in [-0.2, 0) is 4.79 Å². The molecule has 0 aliphatic heterocycles. The lowest BCUT2D eigenvalue weighted by Crippen LogP contribution is -2.15. The van der Waals surface area contributed by atoms with Gasteiger partial charge < -0.3 is 14.8 Å². The predicted molar refractivity (Wildman–Crippen MR) is 123 cm³/mol. The number of methoxy groups -OCH3 is 1. The molecule has 0 spiro atoms. The number of ketones is 2. The highest BCUT2D eigenvalue weighted by molar-refractivity contribution is 7.16. The summed E-state index contributed by atoms with van der Waals surface area (Å²) in [4.78, 5) is 36.8. The van der Waals surface area contributed by atoms with Gasteiger partial charge in [-0.1, -0.05) is 36.9 Å². The number of carbonyl (C=O) groups is 3. The Bertz CT molecular complexity index is 862. The molecular weight excluding hydrogens is 401 g/mol. The maximum Gasteiger partial charge on any atom is 0.255 e. The smallest absolute Gasteiger partial charge is 0.255 e. The molecule has 0 fully saturated rings. The maximum absolute atomic E-state index is 12.5. The molecule has 0 aliphatic carbocycles. The van der Waals surface area contributed by atoms with Gasteiger partial charge >= 0.3 is 0 Å². The predicted octanol–water partition coefficient (Wildman–Crippen LogP) is 4.98. The van der Waals surface area contributed by atoms with Gasteiger partial charge in [0.05, 0.1) is 19.1 Å². The van der Waals surface area contributed by atoms with E-state index in [2.05, 4.69) is 14.6 Å². The second kappa shape index (κ2) is 12.8. The fourth-order valence-corrected chi connectivity index (χ4v) is 2.62. The van der Waals surface area contributed by atoms with Gasteiger partial charge in [0.25, 0.3) is 5.91 Å². The molecule has 0 aliphatic rings. The molecule has 0 saturated heterocycles. The zero-order valence-corrected chi connectivity index (χ0v) is 19.3. The van der Waals surface area contributed by atoms with Crippen LogP contribution in [0.1, 0.15) is 54.8 Å². The third-order valence-electron chi connectivity index (χ3n) is 4.11. The van der Waals surface area contributed by atoms with Gasteiger partial charge in [0, 0.05) is 23.2 Å². The van der Waals surface area contributed by atoms with Crippen LogP contribution >= 0.6 is 9.24 Å². The largest absolute Gasteiger partial charge is 0.497 e. The first-order chi connectivity index (χ1) is 14.3. The molecule has 0 radical (unpaired) electrons. The third-order valence-corrected chi connectivity index (χ3v) is 4.28. The van der Waals surface area contributed by atoms with E-state index in [-0.39, 0.29) is 36.2 Å². The standard InChI is InChI=1S/C21H24NO5P.C2H6/c1-13(2)18(23)11-19(24)17-9-6-15(10-20(17)27-12-28)22-21(25)14-4-7-16(26-3)8-5-14;1-2/h4-10,13H,11-12,28H2,1-3H3,(H,22,25);1-2H3. The Morgan fingerprint density at radius 3 is 2.20 bits per heavy atom. The van der Waals surface area contributed by atoms with Crippen molar-refractivity contribution < 1.29 is 23.9 Å². The zero-order chi connectivity index (χ0) is 22.7. The molecule has 1 atom stereocenters. The van der Waals surface area contributed by atoms with E-state index < -0.39 is 0 Å². The van der Waals surface area contributed by atoms with Crippen LogP contribution in [0.5, 0.6) is 11.5 Å². The number of hydrogen-bond donors (Lipinski definition) is 1. The number of hydrogen-bond acceptors (Lipinski definition) is 5. The molecule has 2 aromatic carbocycles. The number of anilines is 1. The fraction of sp³-hybridized carbons (Fsp3) is 0.348. The highest BCUT2D eigenvalue weighted by Crippen LogP contribution is 2.26. The molecule has 0 saturated carbocycles. The Morgan fingerprint density at radius 2 is 1.67 bits per heavy atom. The summed E-state index contributed by atoms with van der Waals surface area (Å²) in [5.41, 5.74) is 1.27. The van der Waals surface area contributed by atoms with Gasteiger partial charge in [-0.25, -0.2) is 0 Å². The van der Waals surface area contributed by atoms with Crippen LogP contribution in [0.3, 0.4) is 0 Å². The Labute approximate surface area is 180 Å². The monoisotopic (exact) mass is 431 g/mol. The quantitative estimate of drug-likeness (QED) is 0.344. The first-order valence-electron chi connectivity index (χ1n) is 9.84. The van der Waals surface area contributed by atoms with Crippen LogP contribution in [-0.4, -0.2) is 30.9 Å². The summed E-state index contributed by atoms with van der Waals surface area (Å²) in [6, 6.07) is 11.5. The molecule has 30 heavy (non-hydrogen) atoms. The number of rotatable bonds is 9. The van der Waals surface area contributed by atoms with E-state index in [1.165, 1.54) is 0 Å². The van der Waals surface area contributed by atoms with Gasteiger partial charge in [-0.05, 0) is 36.4 Å². The highest BCUT2D eigenvalue weighted by atomic mass is 31.0. The normalized spacial score (nSPS) is 9.97. The Morgan fingerprint density at radius 1 is 1.03 bits per heavy atom. The number of Topliss-reactive ketones (excluding diaryl/α,β-unsaturated/α-hetero) is 2. The second-order valence-electron chi connectivity index (χ2n) is 6.43. The highest BCUT2D eigenvalue weighted by Gasteiger charge is 2.19. The summed E-state index contributed by atoms with van der Waals surface area (Å²) in [5.74, 6) is 0.0427. The Kier molecular flexibility index (Phi) is 10.8. The molecule has 1 amide bonds. The van der Waals surface area contributed by atoms with Gasteiger partial charge in [-0.15, -0.1) is 0 Å². The van der Waals surface area contributed by atoms with Crippen LogP contribution in [0.25, 0.3) is 0 Å². The third kappa shape index (κ3) is 7.27. The van der Waals surface area contributed by atoms with Crippen molar-refractivity contribution in [3.05, 3.63) is 53.6 Å². The molecule has 1 unspecified atom stereocenters. The molecule has 0 heterocycles. The van der Waals surface area contributed by atoms with Crippen molar-refractivity contribution in [1.29, 1.82) is 0 Å². The van der Waals surface area contributed by atoms with Crippen LogP contribution in [0.2, 0.25) is 0 Å². The summed E-state index contributed by atoms with van der Waals surface area (Å²) in [5, 5.41) is 2.77. The molecular formula is C23H30NO5P. The van der Waals surface area contributed by atoms with Gasteiger partial charge in [-0.2, -0.15) is 0 Å². The van der Waals surface area contributed by atoms with E-state index in [1.54, 1.807) is 63.4 Å². The number of ether oxygens (including phenoxy) is 2. The molecule has 2 rings (SSSR count). The van der Waals surface area contributed by atoms with Crippen molar-refractivity contribution in [1.82, 2.24) is 0 Å². The summed E-state index contributed by atoms with van der Waals surface area (Å²) >= 11 is 0. The van der Waals surface area contributed by atoms with E-state index in [9.17, 15) is 14.4 Å². The van der Waals surface area contributed by atoms with Crippen LogP contribution in [0, 0.1) is 5.92 Å². The second-order valence-corrected chi connectivity index (χ2v) is 6.76. The van der Waals surface area contributed by atoms with Gasteiger partial charge in [0.15, 0.2) is 5.78 Å². The average molecular weight is 431 g/mol. The molecule has 6 nitrogen and oxygen atoms in total. The molecule has 1 N–H and O–H groups in total. The zero-order valence-electron chi connectivity index (χ0n) is 18.2. The van der Waals surface area contributed by atoms with Crippen LogP contribution < -0.4 is 14.8 Å². The lowest BCUT2D eigenvalue weighted by molar-refractivity contribution is -0.121. The molecule has 0 bridgehead atoms. The number of amides is 1. The van der Waals surface area contributed by atoms with E-state index in [1.807, 2.05) is 13.8 Å². The van der Waals surface area contributed by atoms with Gasteiger partial charge in [0.2, 0.25) is 0 Å². The van der Waals surface area contributed by atoms with Crippen LogP contribution in [0.15, 0.2) is 42.5 Å². The van der Waals surface area contributed by atoms with Crippen molar-refractivity contribution in [3.8, 4) is 11.5 Å². The van der Waals surface area contributed by atoms with E-state index in [0.29, 0.717) is 28.3 Å². The Hall–Kier alpha value is -2.72. The SMILES string of the molecule is CC.COc1ccc(C(=O)Nc2ccc(C(=O)CC(=O)C(C)C)c(OCP)c2)cc1. The lowest BCUT2D eigenvalue weighted by Gasteiger charge is -2.13.